The van der Waals surface area contributed by atoms with Crippen LogP contribution in [0.25, 0.3) is 0 Å². The van der Waals surface area contributed by atoms with Gasteiger partial charge in [0.2, 0.25) is 0 Å². The van der Waals surface area contributed by atoms with Gasteiger partial charge in [0.05, 0.1) is 5.56 Å². The number of amides is 1. The minimum absolute atomic E-state index is 0.186. The summed E-state index contributed by atoms with van der Waals surface area (Å²) in [6.07, 6.45) is 1.97. The number of carbonyl (C=O) groups is 2. The summed E-state index contributed by atoms with van der Waals surface area (Å²) in [7, 11) is 1.71. The SMILES string of the molecule is CCCCN(C)C(=O)COC(=O)c1ccccc1Br. The molecule has 0 aliphatic rings. The Hall–Kier alpha value is -1.36. The van der Waals surface area contributed by atoms with Gasteiger partial charge in [-0.05, 0) is 34.5 Å². The van der Waals surface area contributed by atoms with Crippen LogP contribution in [0.4, 0.5) is 0 Å². The second-order valence-electron chi connectivity index (χ2n) is 4.22. The van der Waals surface area contributed by atoms with Crippen molar-refractivity contribution in [3.63, 3.8) is 0 Å². The molecule has 0 N–H and O–H groups in total. The maximum Gasteiger partial charge on any atom is 0.339 e. The van der Waals surface area contributed by atoms with Crippen LogP contribution in [0, 0.1) is 0 Å². The first-order valence-corrected chi connectivity index (χ1v) is 7.01. The van der Waals surface area contributed by atoms with E-state index in [0.717, 1.165) is 12.8 Å². The number of likely N-dealkylation sites (N-methyl/N-ethyl adjacent to an activating group) is 1. The second kappa shape index (κ2) is 7.94. The van der Waals surface area contributed by atoms with Crippen molar-refractivity contribution in [2.24, 2.45) is 0 Å². The van der Waals surface area contributed by atoms with E-state index in [1.165, 1.54) is 0 Å². The van der Waals surface area contributed by atoms with Crippen LogP contribution < -0.4 is 0 Å². The molecule has 1 amide bonds. The lowest BCUT2D eigenvalue weighted by atomic mass is 10.2. The lowest BCUT2D eigenvalue weighted by molar-refractivity contribution is -0.133. The Morgan fingerprint density at radius 1 is 1.32 bits per heavy atom. The summed E-state index contributed by atoms with van der Waals surface area (Å²) in [5.41, 5.74) is 0.423. The average Bonchev–Trinajstić information content (AvgIpc) is 2.42. The number of benzene rings is 1. The molecule has 0 spiro atoms. The van der Waals surface area contributed by atoms with E-state index in [1.807, 2.05) is 6.07 Å². The zero-order valence-electron chi connectivity index (χ0n) is 11.2. The molecule has 1 aromatic rings. The van der Waals surface area contributed by atoms with Crippen molar-refractivity contribution in [2.45, 2.75) is 19.8 Å². The van der Waals surface area contributed by atoms with Crippen molar-refractivity contribution in [3.05, 3.63) is 34.3 Å². The highest BCUT2D eigenvalue weighted by atomic mass is 79.9. The van der Waals surface area contributed by atoms with Gasteiger partial charge in [0.25, 0.3) is 5.91 Å². The highest BCUT2D eigenvalue weighted by Gasteiger charge is 2.14. The Morgan fingerprint density at radius 3 is 2.63 bits per heavy atom. The first kappa shape index (κ1) is 15.7. The van der Waals surface area contributed by atoms with Gasteiger partial charge in [-0.1, -0.05) is 25.5 Å². The number of carbonyl (C=O) groups excluding carboxylic acids is 2. The van der Waals surface area contributed by atoms with Gasteiger partial charge in [0.15, 0.2) is 6.61 Å². The third-order valence-corrected chi connectivity index (χ3v) is 3.38. The van der Waals surface area contributed by atoms with Gasteiger partial charge in [-0.3, -0.25) is 4.79 Å². The molecule has 0 aliphatic carbocycles. The minimum Gasteiger partial charge on any atom is -0.452 e. The van der Waals surface area contributed by atoms with E-state index < -0.39 is 5.97 Å². The van der Waals surface area contributed by atoms with E-state index in [-0.39, 0.29) is 12.5 Å². The standard InChI is InChI=1S/C14H18BrNO3/c1-3-4-9-16(2)13(17)10-19-14(18)11-7-5-6-8-12(11)15/h5-8H,3-4,9-10H2,1-2H3. The molecule has 5 heteroatoms. The van der Waals surface area contributed by atoms with E-state index in [0.29, 0.717) is 16.6 Å². The van der Waals surface area contributed by atoms with Gasteiger partial charge in [-0.2, -0.15) is 0 Å². The van der Waals surface area contributed by atoms with Gasteiger partial charge in [-0.25, -0.2) is 4.79 Å². The van der Waals surface area contributed by atoms with Crippen LogP contribution in [0.1, 0.15) is 30.1 Å². The maximum atomic E-state index is 11.8. The highest BCUT2D eigenvalue weighted by molar-refractivity contribution is 9.10. The summed E-state index contributed by atoms with van der Waals surface area (Å²) >= 11 is 3.27. The molecule has 19 heavy (non-hydrogen) atoms. The third-order valence-electron chi connectivity index (χ3n) is 2.69. The van der Waals surface area contributed by atoms with Crippen LogP contribution >= 0.6 is 15.9 Å². The van der Waals surface area contributed by atoms with Crippen LogP contribution in [-0.4, -0.2) is 37.0 Å². The molecule has 0 saturated carbocycles. The van der Waals surface area contributed by atoms with Gasteiger partial charge in [-0.15, -0.1) is 0 Å². The predicted molar refractivity (Wildman–Crippen MR) is 77.0 cm³/mol. The van der Waals surface area contributed by atoms with E-state index in [9.17, 15) is 9.59 Å². The Labute approximate surface area is 121 Å². The summed E-state index contributed by atoms with van der Waals surface area (Å²) < 4.78 is 5.67. The van der Waals surface area contributed by atoms with Crippen LogP contribution in [-0.2, 0) is 9.53 Å². The molecule has 0 unspecified atom stereocenters. The molecule has 0 fully saturated rings. The Bertz CT molecular complexity index is 448. The summed E-state index contributed by atoms with van der Waals surface area (Å²) in [5.74, 6) is -0.682. The zero-order valence-corrected chi connectivity index (χ0v) is 12.8. The molecule has 0 radical (unpaired) electrons. The first-order chi connectivity index (χ1) is 9.06. The molecule has 0 heterocycles. The number of halogens is 1. The van der Waals surface area contributed by atoms with E-state index in [1.54, 1.807) is 30.1 Å². The molecule has 0 aromatic heterocycles. The van der Waals surface area contributed by atoms with Crippen molar-refractivity contribution in [2.75, 3.05) is 20.2 Å². The van der Waals surface area contributed by atoms with Crippen LogP contribution in [0.5, 0.6) is 0 Å². The molecule has 0 saturated heterocycles. The van der Waals surface area contributed by atoms with Crippen LogP contribution in [0.15, 0.2) is 28.7 Å². The summed E-state index contributed by atoms with van der Waals surface area (Å²) in [6, 6.07) is 6.96. The quantitative estimate of drug-likeness (QED) is 0.755. The fraction of sp³-hybridized carbons (Fsp3) is 0.429. The van der Waals surface area contributed by atoms with Gasteiger partial charge >= 0.3 is 5.97 Å². The zero-order chi connectivity index (χ0) is 14.3. The number of rotatable bonds is 6. The van der Waals surface area contributed by atoms with Crippen molar-refractivity contribution in [1.29, 1.82) is 0 Å². The molecule has 4 nitrogen and oxygen atoms in total. The minimum atomic E-state index is -0.496. The van der Waals surface area contributed by atoms with E-state index in [2.05, 4.69) is 22.9 Å². The number of unbranched alkanes of at least 4 members (excludes halogenated alkanes) is 1. The summed E-state index contributed by atoms with van der Waals surface area (Å²) in [4.78, 5) is 25.1. The first-order valence-electron chi connectivity index (χ1n) is 6.22. The molecule has 0 bridgehead atoms. The van der Waals surface area contributed by atoms with Gasteiger partial charge < -0.3 is 9.64 Å². The van der Waals surface area contributed by atoms with E-state index >= 15 is 0 Å². The highest BCUT2D eigenvalue weighted by Crippen LogP contribution is 2.16. The normalized spacial score (nSPS) is 10.1. The molecule has 0 atom stereocenters. The summed E-state index contributed by atoms with van der Waals surface area (Å²) in [5, 5.41) is 0. The third kappa shape index (κ3) is 5.03. The second-order valence-corrected chi connectivity index (χ2v) is 5.08. The summed E-state index contributed by atoms with van der Waals surface area (Å²) in [6.45, 7) is 2.52. The molecule has 1 rings (SSSR count). The van der Waals surface area contributed by atoms with Crippen molar-refractivity contribution in [1.82, 2.24) is 4.90 Å². The fourth-order valence-electron chi connectivity index (χ4n) is 1.46. The van der Waals surface area contributed by atoms with E-state index in [4.69, 9.17) is 4.74 Å². The Balaban J connectivity index is 2.46. The number of esters is 1. The largest absolute Gasteiger partial charge is 0.452 e. The number of nitrogens with zero attached hydrogens (tertiary/aromatic N) is 1. The monoisotopic (exact) mass is 327 g/mol. The number of hydrogen-bond donors (Lipinski definition) is 0. The molecular weight excluding hydrogens is 310 g/mol. The molecule has 1 aromatic carbocycles. The molecular formula is C14H18BrNO3. The lowest BCUT2D eigenvalue weighted by Crippen LogP contribution is -2.32. The van der Waals surface area contributed by atoms with Crippen LogP contribution in [0.2, 0.25) is 0 Å². The molecule has 0 aliphatic heterocycles. The van der Waals surface area contributed by atoms with Crippen molar-refractivity contribution in [3.8, 4) is 0 Å². The predicted octanol–water partition coefficient (Wildman–Crippen LogP) is 2.86. The van der Waals surface area contributed by atoms with Gasteiger partial charge in [0, 0.05) is 18.1 Å². The average molecular weight is 328 g/mol. The van der Waals surface area contributed by atoms with Crippen molar-refractivity contribution < 1.29 is 14.3 Å². The smallest absolute Gasteiger partial charge is 0.339 e. The molecule has 104 valence electrons. The Morgan fingerprint density at radius 2 is 2.00 bits per heavy atom. The topological polar surface area (TPSA) is 46.6 Å². The number of hydrogen-bond acceptors (Lipinski definition) is 3. The fourth-order valence-corrected chi connectivity index (χ4v) is 1.91. The number of ether oxygens (including phenoxy) is 1. The lowest BCUT2D eigenvalue weighted by Gasteiger charge is -2.16. The van der Waals surface area contributed by atoms with Crippen LogP contribution in [0.3, 0.4) is 0 Å². The van der Waals surface area contributed by atoms with Gasteiger partial charge in [0.1, 0.15) is 0 Å². The van der Waals surface area contributed by atoms with Crippen molar-refractivity contribution >= 4 is 27.8 Å². The Kier molecular flexibility index (Phi) is 6.56. The maximum absolute atomic E-state index is 11.8.